The molecule has 0 amide bonds. The standard InChI is InChI=1S/C36H31B2N/c1-20-16-22(3)32(23(4)17-20)37-28-12-7-10-26-27-11-8-13-29-35(27)39(34(26)28)36-30(37)14-9-15-31(36)38(29)33-24(5)18-21(2)19-25(33)6/h7-19H,1-6H3. The molecule has 3 heterocycles. The molecular weight excluding hydrogens is 468 g/mol. The van der Waals surface area contributed by atoms with Gasteiger partial charge in [-0.25, -0.2) is 0 Å². The fourth-order valence-corrected chi connectivity index (χ4v) is 8.41. The van der Waals surface area contributed by atoms with Crippen molar-refractivity contribution in [2.24, 2.45) is 0 Å². The Kier molecular flexibility index (Phi) is 4.59. The third kappa shape index (κ3) is 2.88. The predicted octanol–water partition coefficient (Wildman–Crippen LogP) is 4.29. The Balaban J connectivity index is 1.59. The van der Waals surface area contributed by atoms with Crippen LogP contribution in [0.4, 0.5) is 0 Å². The molecule has 0 atom stereocenters. The minimum atomic E-state index is 0.212. The Morgan fingerprint density at radius 2 is 0.821 bits per heavy atom. The van der Waals surface area contributed by atoms with Gasteiger partial charge in [0.25, 0.3) is 0 Å². The lowest BCUT2D eigenvalue weighted by molar-refractivity contribution is 1.20. The average molecular weight is 499 g/mol. The van der Waals surface area contributed by atoms with E-state index in [4.69, 9.17) is 0 Å². The summed E-state index contributed by atoms with van der Waals surface area (Å²) in [5.41, 5.74) is 21.0. The summed E-state index contributed by atoms with van der Waals surface area (Å²) in [6.45, 7) is 14.1. The highest BCUT2D eigenvalue weighted by Gasteiger charge is 2.42. The van der Waals surface area contributed by atoms with Crippen molar-refractivity contribution in [3.05, 3.63) is 112 Å². The average Bonchev–Trinajstić information content (AvgIpc) is 3.23. The minimum Gasteiger partial charge on any atom is -0.311 e. The number of rotatable bonds is 2. The number of benzene rings is 5. The van der Waals surface area contributed by atoms with Crippen molar-refractivity contribution >= 4 is 68.0 Å². The second kappa shape index (κ2) is 7.79. The van der Waals surface area contributed by atoms with Gasteiger partial charge in [-0.05, 0) is 63.4 Å². The molecule has 8 rings (SSSR count). The Hall–Kier alpha value is -3.97. The van der Waals surface area contributed by atoms with E-state index in [9.17, 15) is 0 Å². The third-order valence-corrected chi connectivity index (χ3v) is 9.49. The second-order valence-corrected chi connectivity index (χ2v) is 12.1. The van der Waals surface area contributed by atoms with Crippen LogP contribution in [0.1, 0.15) is 33.4 Å². The van der Waals surface area contributed by atoms with Gasteiger partial charge in [0.15, 0.2) is 0 Å². The first-order valence-corrected chi connectivity index (χ1v) is 14.2. The number of nitrogens with zero attached hydrogens (tertiary/aromatic N) is 1. The lowest BCUT2D eigenvalue weighted by Crippen LogP contribution is -2.64. The van der Waals surface area contributed by atoms with Gasteiger partial charge < -0.3 is 4.57 Å². The van der Waals surface area contributed by atoms with Crippen molar-refractivity contribution in [3.63, 3.8) is 0 Å². The van der Waals surface area contributed by atoms with E-state index in [-0.39, 0.29) is 13.4 Å². The zero-order valence-electron chi connectivity index (χ0n) is 23.6. The van der Waals surface area contributed by atoms with Crippen LogP contribution in [0.2, 0.25) is 0 Å². The van der Waals surface area contributed by atoms with Crippen LogP contribution in [0.3, 0.4) is 0 Å². The quantitative estimate of drug-likeness (QED) is 0.313. The minimum absolute atomic E-state index is 0.212. The van der Waals surface area contributed by atoms with E-state index >= 15 is 0 Å². The lowest BCUT2D eigenvalue weighted by atomic mass is 9.30. The molecule has 0 saturated heterocycles. The number of fused-ring (bicyclic) bond motifs is 1. The van der Waals surface area contributed by atoms with Gasteiger partial charge in [0.05, 0.1) is 0 Å². The first-order chi connectivity index (χ1) is 18.8. The monoisotopic (exact) mass is 499 g/mol. The van der Waals surface area contributed by atoms with Crippen molar-refractivity contribution in [2.75, 3.05) is 0 Å². The molecule has 0 saturated carbocycles. The number of para-hydroxylation sites is 3. The van der Waals surface area contributed by atoms with Crippen molar-refractivity contribution in [1.29, 1.82) is 0 Å². The largest absolute Gasteiger partial charge is 0.311 e. The van der Waals surface area contributed by atoms with Gasteiger partial charge in [-0.2, -0.15) is 0 Å². The molecule has 6 aromatic rings. The van der Waals surface area contributed by atoms with Gasteiger partial charge in [0.1, 0.15) is 0 Å². The summed E-state index contributed by atoms with van der Waals surface area (Å²) in [7, 11) is 0. The molecule has 0 aliphatic carbocycles. The second-order valence-electron chi connectivity index (χ2n) is 12.1. The number of aromatic nitrogens is 1. The predicted molar refractivity (Wildman–Crippen MR) is 171 cm³/mol. The molecule has 186 valence electrons. The van der Waals surface area contributed by atoms with Gasteiger partial charge in [0.2, 0.25) is 13.4 Å². The Bertz CT molecular complexity index is 1860. The molecule has 3 heteroatoms. The molecule has 1 nitrogen and oxygen atoms in total. The van der Waals surface area contributed by atoms with Crippen LogP contribution in [-0.4, -0.2) is 18.0 Å². The maximum atomic E-state index is 2.63. The van der Waals surface area contributed by atoms with Crippen LogP contribution in [0.5, 0.6) is 0 Å². The van der Waals surface area contributed by atoms with Crippen molar-refractivity contribution < 1.29 is 0 Å². The Morgan fingerprint density at radius 3 is 1.23 bits per heavy atom. The van der Waals surface area contributed by atoms with E-state index < -0.39 is 0 Å². The van der Waals surface area contributed by atoms with Crippen LogP contribution >= 0.6 is 0 Å². The fourth-order valence-electron chi connectivity index (χ4n) is 8.41. The van der Waals surface area contributed by atoms with Gasteiger partial charge >= 0.3 is 0 Å². The van der Waals surface area contributed by atoms with Gasteiger partial charge in [0, 0.05) is 27.5 Å². The van der Waals surface area contributed by atoms with E-state index in [1.165, 1.54) is 93.7 Å². The summed E-state index contributed by atoms with van der Waals surface area (Å²) in [4.78, 5) is 0. The maximum absolute atomic E-state index is 2.63. The van der Waals surface area contributed by atoms with Crippen LogP contribution in [-0.2, 0) is 0 Å². The van der Waals surface area contributed by atoms with Crippen molar-refractivity contribution in [3.8, 4) is 5.69 Å². The summed E-state index contributed by atoms with van der Waals surface area (Å²) >= 11 is 0. The highest BCUT2D eigenvalue weighted by Crippen LogP contribution is 2.34. The molecule has 0 bridgehead atoms. The molecular formula is C36H31B2N. The van der Waals surface area contributed by atoms with Crippen LogP contribution in [0.15, 0.2) is 78.9 Å². The topological polar surface area (TPSA) is 4.93 Å². The van der Waals surface area contributed by atoms with Gasteiger partial charge in [-0.15, -0.1) is 0 Å². The summed E-state index contributed by atoms with van der Waals surface area (Å²) in [6, 6.07) is 30.5. The normalized spacial score (nSPS) is 13.3. The maximum Gasteiger partial charge on any atom is 0.247 e. The molecule has 2 aliphatic heterocycles. The Labute approximate surface area is 231 Å². The van der Waals surface area contributed by atoms with E-state index in [1.807, 2.05) is 0 Å². The number of hydrogen-bond acceptors (Lipinski definition) is 0. The van der Waals surface area contributed by atoms with Crippen molar-refractivity contribution in [1.82, 2.24) is 4.57 Å². The Morgan fingerprint density at radius 1 is 0.462 bits per heavy atom. The molecule has 0 spiro atoms. The third-order valence-electron chi connectivity index (χ3n) is 9.49. The van der Waals surface area contributed by atoms with Crippen LogP contribution in [0, 0.1) is 41.5 Å². The summed E-state index contributed by atoms with van der Waals surface area (Å²) in [5.74, 6) is 0. The summed E-state index contributed by atoms with van der Waals surface area (Å²) < 4.78 is 2.63. The van der Waals surface area contributed by atoms with E-state index in [0.29, 0.717) is 0 Å². The van der Waals surface area contributed by atoms with Crippen LogP contribution in [0.25, 0.3) is 27.5 Å². The first-order valence-electron chi connectivity index (χ1n) is 14.2. The smallest absolute Gasteiger partial charge is 0.247 e. The molecule has 0 radical (unpaired) electrons. The van der Waals surface area contributed by atoms with Crippen LogP contribution < -0.4 is 32.8 Å². The summed E-state index contributed by atoms with van der Waals surface area (Å²) in [6.07, 6.45) is 0. The number of hydrogen-bond donors (Lipinski definition) is 0. The zero-order valence-corrected chi connectivity index (χ0v) is 23.6. The first kappa shape index (κ1) is 23.0. The van der Waals surface area contributed by atoms with Crippen molar-refractivity contribution in [2.45, 2.75) is 41.5 Å². The molecule has 0 N–H and O–H groups in total. The molecule has 0 fully saturated rings. The molecule has 2 aliphatic rings. The van der Waals surface area contributed by atoms with E-state index in [1.54, 1.807) is 0 Å². The molecule has 39 heavy (non-hydrogen) atoms. The molecule has 1 aromatic heterocycles. The van der Waals surface area contributed by atoms with E-state index in [2.05, 4.69) is 125 Å². The highest BCUT2D eigenvalue weighted by atomic mass is 15.0. The van der Waals surface area contributed by atoms with Gasteiger partial charge in [-0.3, -0.25) is 0 Å². The van der Waals surface area contributed by atoms with Gasteiger partial charge in [-0.1, -0.05) is 123 Å². The fraction of sp³-hybridized carbons (Fsp3) is 0.167. The number of aryl methyl sites for hydroxylation is 6. The molecule has 0 unspecified atom stereocenters. The zero-order chi connectivity index (χ0) is 26.7. The molecule has 5 aromatic carbocycles. The lowest BCUT2D eigenvalue weighted by Gasteiger charge is -2.35. The SMILES string of the molecule is Cc1cc(C)c(B2c3cccc4c3-n3c5c2cccc5c2cccc(c23)B4c2c(C)cc(C)cc2C)c(C)c1. The van der Waals surface area contributed by atoms with E-state index in [0.717, 1.165) is 0 Å². The highest BCUT2D eigenvalue weighted by molar-refractivity contribution is 7.02. The summed E-state index contributed by atoms with van der Waals surface area (Å²) in [5, 5.41) is 2.74.